The maximum Gasteiger partial charge on any atom is 0.0604 e. The highest BCUT2D eigenvalue weighted by molar-refractivity contribution is 7.80. The van der Waals surface area contributed by atoms with E-state index in [1.807, 2.05) is 0 Å². The van der Waals surface area contributed by atoms with E-state index in [0.717, 1.165) is 31.8 Å². The van der Waals surface area contributed by atoms with E-state index < -0.39 is 0 Å². The SMILES string of the molecule is CN1CCN(CCCS)c2ccccc21. The normalized spacial score (nSPS) is 15.3. The number of para-hydroxylation sites is 2. The molecule has 0 amide bonds. The van der Waals surface area contributed by atoms with Crippen molar-refractivity contribution in [3.63, 3.8) is 0 Å². The van der Waals surface area contributed by atoms with Crippen LogP contribution in [0.4, 0.5) is 11.4 Å². The topological polar surface area (TPSA) is 6.48 Å². The van der Waals surface area contributed by atoms with Crippen LogP contribution >= 0.6 is 12.6 Å². The van der Waals surface area contributed by atoms with E-state index in [1.165, 1.54) is 11.4 Å². The van der Waals surface area contributed by atoms with Gasteiger partial charge in [0.15, 0.2) is 0 Å². The van der Waals surface area contributed by atoms with Crippen LogP contribution in [-0.4, -0.2) is 32.4 Å². The summed E-state index contributed by atoms with van der Waals surface area (Å²) in [5.74, 6) is 0.967. The third kappa shape index (κ3) is 2.23. The minimum Gasteiger partial charge on any atom is -0.371 e. The average Bonchev–Trinajstić information content (AvgIpc) is 2.29. The van der Waals surface area contributed by atoms with Gasteiger partial charge in [0.25, 0.3) is 0 Å². The fourth-order valence-electron chi connectivity index (χ4n) is 2.06. The van der Waals surface area contributed by atoms with Gasteiger partial charge < -0.3 is 9.80 Å². The molecule has 0 unspecified atom stereocenters. The maximum atomic E-state index is 4.27. The zero-order valence-corrected chi connectivity index (χ0v) is 10.1. The Labute approximate surface area is 97.3 Å². The Morgan fingerprint density at radius 1 is 1.20 bits per heavy atom. The number of rotatable bonds is 3. The van der Waals surface area contributed by atoms with Gasteiger partial charge in [0.05, 0.1) is 11.4 Å². The molecule has 1 aliphatic heterocycles. The van der Waals surface area contributed by atoms with Crippen molar-refractivity contribution in [3.05, 3.63) is 24.3 Å². The van der Waals surface area contributed by atoms with Crippen LogP contribution in [-0.2, 0) is 0 Å². The molecule has 0 radical (unpaired) electrons. The van der Waals surface area contributed by atoms with Crippen LogP contribution in [0.2, 0.25) is 0 Å². The highest BCUT2D eigenvalue weighted by atomic mass is 32.1. The summed E-state index contributed by atoms with van der Waals surface area (Å²) >= 11 is 4.27. The number of thiol groups is 1. The summed E-state index contributed by atoms with van der Waals surface area (Å²) in [5.41, 5.74) is 2.72. The lowest BCUT2D eigenvalue weighted by molar-refractivity contribution is 0.722. The fraction of sp³-hybridized carbons (Fsp3) is 0.500. The minimum atomic E-state index is 0.967. The van der Waals surface area contributed by atoms with E-state index in [4.69, 9.17) is 0 Å². The molecule has 2 nitrogen and oxygen atoms in total. The molecule has 1 aliphatic rings. The average molecular weight is 222 g/mol. The molecule has 1 aromatic carbocycles. The first-order chi connectivity index (χ1) is 7.33. The van der Waals surface area contributed by atoms with Crippen LogP contribution in [0.1, 0.15) is 6.42 Å². The lowest BCUT2D eigenvalue weighted by atomic mass is 10.1. The van der Waals surface area contributed by atoms with Gasteiger partial charge in [-0.15, -0.1) is 0 Å². The van der Waals surface area contributed by atoms with Gasteiger partial charge >= 0.3 is 0 Å². The summed E-state index contributed by atoms with van der Waals surface area (Å²) in [5, 5.41) is 0. The number of likely N-dealkylation sites (N-methyl/N-ethyl adjacent to an activating group) is 1. The molecule has 0 aromatic heterocycles. The van der Waals surface area contributed by atoms with Crippen LogP contribution in [0.25, 0.3) is 0 Å². The highest BCUT2D eigenvalue weighted by Crippen LogP contribution is 2.31. The number of anilines is 2. The third-order valence-electron chi connectivity index (χ3n) is 2.93. The quantitative estimate of drug-likeness (QED) is 0.784. The Bertz CT molecular complexity index is 327. The monoisotopic (exact) mass is 222 g/mol. The lowest BCUT2D eigenvalue weighted by Crippen LogP contribution is -2.39. The molecule has 0 spiro atoms. The number of hydrogen-bond acceptors (Lipinski definition) is 3. The van der Waals surface area contributed by atoms with Crippen LogP contribution in [0.3, 0.4) is 0 Å². The van der Waals surface area contributed by atoms with Crippen molar-refractivity contribution in [2.75, 3.05) is 42.2 Å². The van der Waals surface area contributed by atoms with Gasteiger partial charge in [-0.1, -0.05) is 12.1 Å². The van der Waals surface area contributed by atoms with Gasteiger partial charge in [0.1, 0.15) is 0 Å². The number of benzene rings is 1. The second-order valence-electron chi connectivity index (χ2n) is 3.97. The first kappa shape index (κ1) is 10.7. The molecular formula is C12H18N2S. The molecule has 3 heteroatoms. The van der Waals surface area contributed by atoms with Gasteiger partial charge in [0.2, 0.25) is 0 Å². The first-order valence-electron chi connectivity index (χ1n) is 5.49. The summed E-state index contributed by atoms with van der Waals surface area (Å²) in [6.07, 6.45) is 1.15. The molecule has 0 aliphatic carbocycles. The maximum absolute atomic E-state index is 4.27. The molecule has 0 atom stereocenters. The van der Waals surface area contributed by atoms with Crippen molar-refractivity contribution in [1.82, 2.24) is 0 Å². The minimum absolute atomic E-state index is 0.967. The van der Waals surface area contributed by atoms with E-state index in [9.17, 15) is 0 Å². The van der Waals surface area contributed by atoms with Crippen molar-refractivity contribution in [1.29, 1.82) is 0 Å². The largest absolute Gasteiger partial charge is 0.371 e. The number of nitrogens with zero attached hydrogens (tertiary/aromatic N) is 2. The molecule has 0 N–H and O–H groups in total. The summed E-state index contributed by atoms with van der Waals surface area (Å²) in [6.45, 7) is 3.36. The van der Waals surface area contributed by atoms with Crippen molar-refractivity contribution in [2.24, 2.45) is 0 Å². The highest BCUT2D eigenvalue weighted by Gasteiger charge is 2.18. The van der Waals surface area contributed by atoms with Gasteiger partial charge in [-0.25, -0.2) is 0 Å². The zero-order chi connectivity index (χ0) is 10.7. The number of fused-ring (bicyclic) bond motifs is 1. The molecule has 1 aromatic rings. The fourth-order valence-corrected chi connectivity index (χ4v) is 2.20. The number of hydrogen-bond donors (Lipinski definition) is 1. The Morgan fingerprint density at radius 2 is 1.93 bits per heavy atom. The van der Waals surface area contributed by atoms with Crippen LogP contribution in [0.15, 0.2) is 24.3 Å². The van der Waals surface area contributed by atoms with E-state index in [0.29, 0.717) is 0 Å². The van der Waals surface area contributed by atoms with Gasteiger partial charge in [-0.05, 0) is 24.3 Å². The summed E-state index contributed by atoms with van der Waals surface area (Å²) in [6, 6.07) is 8.63. The van der Waals surface area contributed by atoms with Crippen LogP contribution in [0, 0.1) is 0 Å². The van der Waals surface area contributed by atoms with Gasteiger partial charge in [-0.2, -0.15) is 12.6 Å². The molecule has 2 rings (SSSR count). The molecule has 0 bridgehead atoms. The standard InChI is InChI=1S/C12H18N2S/c1-13-8-9-14(7-4-10-15)12-6-3-2-5-11(12)13/h2-3,5-6,15H,4,7-10H2,1H3. The molecule has 82 valence electrons. The summed E-state index contributed by atoms with van der Waals surface area (Å²) in [7, 11) is 2.16. The van der Waals surface area contributed by atoms with Crippen molar-refractivity contribution < 1.29 is 0 Å². The predicted molar refractivity (Wildman–Crippen MR) is 70.4 cm³/mol. The van der Waals surface area contributed by atoms with Crippen molar-refractivity contribution in [2.45, 2.75) is 6.42 Å². The molecule has 15 heavy (non-hydrogen) atoms. The van der Waals surface area contributed by atoms with E-state index in [2.05, 4.69) is 53.7 Å². The second kappa shape index (κ2) is 4.79. The summed E-state index contributed by atoms with van der Waals surface area (Å²) in [4.78, 5) is 4.79. The van der Waals surface area contributed by atoms with E-state index >= 15 is 0 Å². The first-order valence-corrected chi connectivity index (χ1v) is 6.12. The van der Waals surface area contributed by atoms with Crippen LogP contribution in [0.5, 0.6) is 0 Å². The third-order valence-corrected chi connectivity index (χ3v) is 3.24. The zero-order valence-electron chi connectivity index (χ0n) is 9.19. The van der Waals surface area contributed by atoms with Gasteiger partial charge in [0, 0.05) is 26.7 Å². The second-order valence-corrected chi connectivity index (χ2v) is 4.42. The van der Waals surface area contributed by atoms with Crippen LogP contribution < -0.4 is 9.80 Å². The predicted octanol–water partition coefficient (Wildman–Crippen LogP) is 2.26. The van der Waals surface area contributed by atoms with Gasteiger partial charge in [-0.3, -0.25) is 0 Å². The molecule has 1 heterocycles. The van der Waals surface area contributed by atoms with Crippen molar-refractivity contribution in [3.8, 4) is 0 Å². The Balaban J connectivity index is 2.20. The molecule has 0 saturated heterocycles. The Hall–Kier alpha value is -0.830. The Kier molecular flexibility index (Phi) is 3.41. The smallest absolute Gasteiger partial charge is 0.0604 e. The molecule has 0 saturated carbocycles. The van der Waals surface area contributed by atoms with Crippen molar-refractivity contribution >= 4 is 24.0 Å². The molecular weight excluding hydrogens is 204 g/mol. The van der Waals surface area contributed by atoms with E-state index in [-0.39, 0.29) is 0 Å². The molecule has 0 fully saturated rings. The van der Waals surface area contributed by atoms with E-state index in [1.54, 1.807) is 0 Å². The lowest BCUT2D eigenvalue weighted by Gasteiger charge is -2.37. The summed E-state index contributed by atoms with van der Waals surface area (Å²) < 4.78 is 0. The Morgan fingerprint density at radius 3 is 2.67 bits per heavy atom.